The van der Waals surface area contributed by atoms with Gasteiger partial charge in [0.2, 0.25) is 15.9 Å². The van der Waals surface area contributed by atoms with Crippen molar-refractivity contribution in [2.24, 2.45) is 0 Å². The van der Waals surface area contributed by atoms with Crippen LogP contribution < -0.4 is 4.90 Å². The van der Waals surface area contributed by atoms with Crippen LogP contribution >= 0.6 is 0 Å². The van der Waals surface area contributed by atoms with Crippen molar-refractivity contribution < 1.29 is 13.2 Å². The van der Waals surface area contributed by atoms with E-state index in [-0.39, 0.29) is 10.8 Å². The highest BCUT2D eigenvalue weighted by atomic mass is 32.2. The molecule has 0 aliphatic rings. The zero-order valence-corrected chi connectivity index (χ0v) is 20.1. The van der Waals surface area contributed by atoms with E-state index in [0.717, 1.165) is 27.8 Å². The number of aryl methyl sites for hydroxylation is 2. The monoisotopic (exact) mass is 464 g/mol. The first-order chi connectivity index (χ1) is 15.7. The molecule has 0 fully saturated rings. The minimum Gasteiger partial charge on any atom is -0.328 e. The molecule has 0 aliphatic carbocycles. The molecule has 33 heavy (non-hydrogen) atoms. The first kappa shape index (κ1) is 22.9. The number of rotatable bonds is 7. The molecule has 0 radical (unpaired) electrons. The smallest absolute Gasteiger partial charge is 0.242 e. The van der Waals surface area contributed by atoms with Crippen LogP contribution in [0.25, 0.3) is 21.8 Å². The lowest BCUT2D eigenvalue weighted by atomic mass is 10.1. The molecule has 0 atom stereocenters. The number of hydrogen-bond acceptors (Lipinski definition) is 4. The molecule has 1 aromatic heterocycles. The van der Waals surface area contributed by atoms with Crippen LogP contribution in [0.4, 0.5) is 5.69 Å². The summed E-state index contributed by atoms with van der Waals surface area (Å²) >= 11 is 0. The molecule has 4 aromatic rings. The Bertz CT molecular complexity index is 1440. The lowest BCUT2D eigenvalue weighted by Gasteiger charge is -2.18. The molecule has 1 amide bonds. The van der Waals surface area contributed by atoms with E-state index in [1.807, 2.05) is 54.0 Å². The number of fused-ring (bicyclic) bond motifs is 2. The van der Waals surface area contributed by atoms with Gasteiger partial charge < -0.3 is 9.47 Å². The summed E-state index contributed by atoms with van der Waals surface area (Å²) in [5, 5.41) is 2.22. The SMILES string of the molecule is CCn1c(CCC(=O)N(C)c2ccc3ccccc3c2)nc2cc(S(=O)(=O)N(C)C)ccc21. The molecular formula is C25H28N4O3S. The number of amides is 1. The van der Waals surface area contributed by atoms with Gasteiger partial charge in [-0.15, -0.1) is 0 Å². The molecule has 0 aliphatic heterocycles. The quantitative estimate of drug-likeness (QED) is 0.413. The molecule has 7 nitrogen and oxygen atoms in total. The third-order valence-electron chi connectivity index (χ3n) is 5.95. The number of benzene rings is 3. The zero-order chi connectivity index (χ0) is 23.8. The first-order valence-electron chi connectivity index (χ1n) is 10.9. The van der Waals surface area contributed by atoms with Crippen molar-refractivity contribution in [2.75, 3.05) is 26.0 Å². The van der Waals surface area contributed by atoms with Crippen LogP contribution in [0.5, 0.6) is 0 Å². The number of anilines is 1. The van der Waals surface area contributed by atoms with Gasteiger partial charge in [-0.2, -0.15) is 0 Å². The molecule has 0 N–H and O–H groups in total. The van der Waals surface area contributed by atoms with Crippen molar-refractivity contribution >= 4 is 43.4 Å². The second kappa shape index (κ2) is 8.96. The van der Waals surface area contributed by atoms with E-state index in [2.05, 4.69) is 4.98 Å². The summed E-state index contributed by atoms with van der Waals surface area (Å²) in [4.78, 5) is 19.5. The molecule has 0 saturated heterocycles. The second-order valence-electron chi connectivity index (χ2n) is 8.19. The van der Waals surface area contributed by atoms with Crippen molar-refractivity contribution in [3.05, 3.63) is 66.5 Å². The molecule has 0 saturated carbocycles. The predicted octanol–water partition coefficient (Wildman–Crippen LogP) is 4.06. The van der Waals surface area contributed by atoms with E-state index in [1.165, 1.54) is 18.4 Å². The van der Waals surface area contributed by atoms with E-state index in [4.69, 9.17) is 0 Å². The number of carbonyl (C=O) groups is 1. The largest absolute Gasteiger partial charge is 0.328 e. The van der Waals surface area contributed by atoms with Crippen LogP contribution in [-0.2, 0) is 27.8 Å². The number of sulfonamides is 1. The zero-order valence-electron chi connectivity index (χ0n) is 19.3. The highest BCUT2D eigenvalue weighted by Crippen LogP contribution is 2.24. The van der Waals surface area contributed by atoms with Gasteiger partial charge in [-0.25, -0.2) is 17.7 Å². The summed E-state index contributed by atoms with van der Waals surface area (Å²) in [5.41, 5.74) is 2.33. The Hall–Kier alpha value is -3.23. The van der Waals surface area contributed by atoms with Crippen LogP contribution in [-0.4, -0.2) is 49.3 Å². The van der Waals surface area contributed by atoms with Crippen molar-refractivity contribution in [3.63, 3.8) is 0 Å². The van der Waals surface area contributed by atoms with Gasteiger partial charge in [0.1, 0.15) is 5.82 Å². The van der Waals surface area contributed by atoms with Crippen LogP contribution in [0.3, 0.4) is 0 Å². The Balaban J connectivity index is 1.55. The van der Waals surface area contributed by atoms with E-state index >= 15 is 0 Å². The third kappa shape index (κ3) is 4.36. The maximum Gasteiger partial charge on any atom is 0.242 e. The summed E-state index contributed by atoms with van der Waals surface area (Å²) in [6, 6.07) is 19.0. The van der Waals surface area contributed by atoms with Crippen molar-refractivity contribution in [3.8, 4) is 0 Å². The maximum atomic E-state index is 12.9. The fourth-order valence-corrected chi connectivity index (χ4v) is 4.91. The van der Waals surface area contributed by atoms with Crippen LogP contribution in [0.2, 0.25) is 0 Å². The predicted molar refractivity (Wildman–Crippen MR) is 132 cm³/mol. The summed E-state index contributed by atoms with van der Waals surface area (Å²) in [6.45, 7) is 2.69. The molecular weight excluding hydrogens is 436 g/mol. The van der Waals surface area contributed by atoms with Gasteiger partial charge in [0.25, 0.3) is 0 Å². The van der Waals surface area contributed by atoms with Crippen molar-refractivity contribution in [1.29, 1.82) is 0 Å². The molecule has 0 unspecified atom stereocenters. The number of imidazole rings is 1. The highest BCUT2D eigenvalue weighted by Gasteiger charge is 2.20. The van der Waals surface area contributed by atoms with Crippen LogP contribution in [0.15, 0.2) is 65.6 Å². The molecule has 0 bridgehead atoms. The summed E-state index contributed by atoms with van der Waals surface area (Å²) in [6.07, 6.45) is 0.768. The topological polar surface area (TPSA) is 75.5 Å². The highest BCUT2D eigenvalue weighted by molar-refractivity contribution is 7.89. The van der Waals surface area contributed by atoms with Crippen molar-refractivity contribution in [1.82, 2.24) is 13.9 Å². The standard InChI is InChI=1S/C25H28N4O3S/c1-5-29-23-13-12-21(33(31,32)27(2)3)17-22(23)26-24(29)14-15-25(30)28(4)20-11-10-18-8-6-7-9-19(18)16-20/h6-13,16-17H,5,14-15H2,1-4H3. The molecule has 1 heterocycles. The fourth-order valence-electron chi connectivity index (χ4n) is 3.99. The first-order valence-corrected chi connectivity index (χ1v) is 12.3. The maximum absolute atomic E-state index is 12.9. The number of carbonyl (C=O) groups excluding carboxylic acids is 1. The van der Waals surface area contributed by atoms with E-state index in [1.54, 1.807) is 30.1 Å². The Morgan fingerprint density at radius 2 is 1.70 bits per heavy atom. The lowest BCUT2D eigenvalue weighted by molar-refractivity contribution is -0.118. The van der Waals surface area contributed by atoms with Crippen LogP contribution in [0, 0.1) is 0 Å². The average Bonchev–Trinajstić information content (AvgIpc) is 3.18. The van der Waals surface area contributed by atoms with E-state index < -0.39 is 10.0 Å². The Kier molecular flexibility index (Phi) is 6.23. The van der Waals surface area contributed by atoms with E-state index in [0.29, 0.717) is 24.9 Å². The van der Waals surface area contributed by atoms with E-state index in [9.17, 15) is 13.2 Å². The molecule has 4 rings (SSSR count). The van der Waals surface area contributed by atoms with Gasteiger partial charge in [0.05, 0.1) is 15.9 Å². The minimum atomic E-state index is -3.54. The fraction of sp³-hybridized carbons (Fsp3) is 0.280. The molecule has 172 valence electrons. The molecule has 3 aromatic carbocycles. The lowest BCUT2D eigenvalue weighted by Crippen LogP contribution is -2.26. The summed E-state index contributed by atoms with van der Waals surface area (Å²) < 4.78 is 28.2. The number of aromatic nitrogens is 2. The number of hydrogen-bond donors (Lipinski definition) is 0. The van der Waals surface area contributed by atoms with Crippen molar-refractivity contribution in [2.45, 2.75) is 31.2 Å². The Labute approximate surface area is 194 Å². The summed E-state index contributed by atoms with van der Waals surface area (Å²) in [5.74, 6) is 0.767. The van der Waals surface area contributed by atoms with Gasteiger partial charge in [-0.05, 0) is 48.0 Å². The molecule has 8 heteroatoms. The van der Waals surface area contributed by atoms with Gasteiger partial charge >= 0.3 is 0 Å². The van der Waals surface area contributed by atoms with Gasteiger partial charge in [0, 0.05) is 46.2 Å². The number of nitrogens with zero attached hydrogens (tertiary/aromatic N) is 4. The third-order valence-corrected chi connectivity index (χ3v) is 7.76. The minimum absolute atomic E-state index is 0.00383. The van der Waals surface area contributed by atoms with Gasteiger partial charge in [-0.3, -0.25) is 4.79 Å². The molecule has 0 spiro atoms. The normalized spacial score (nSPS) is 12.0. The van der Waals surface area contributed by atoms with Gasteiger partial charge in [0.15, 0.2) is 0 Å². The van der Waals surface area contributed by atoms with Crippen LogP contribution in [0.1, 0.15) is 19.2 Å². The van der Waals surface area contributed by atoms with Gasteiger partial charge in [-0.1, -0.05) is 30.3 Å². The Morgan fingerprint density at radius 3 is 2.39 bits per heavy atom. The summed E-state index contributed by atoms with van der Waals surface area (Å²) in [7, 11) is 1.26. The Morgan fingerprint density at radius 1 is 0.970 bits per heavy atom. The second-order valence-corrected chi connectivity index (χ2v) is 10.3. The average molecular weight is 465 g/mol.